The number of benzene rings is 1. The van der Waals surface area contributed by atoms with Crippen LogP contribution >= 0.6 is 27.5 Å². The van der Waals surface area contributed by atoms with Gasteiger partial charge in [-0.3, -0.25) is 0 Å². The molecule has 1 rings (SSSR count). The minimum absolute atomic E-state index is 0.0254. The van der Waals surface area contributed by atoms with E-state index in [4.69, 9.17) is 11.6 Å². The van der Waals surface area contributed by atoms with Gasteiger partial charge in [-0.2, -0.15) is 13.2 Å². The largest absolute Gasteiger partial charge is 0.411 e. The molecule has 0 saturated heterocycles. The predicted octanol–water partition coefficient (Wildman–Crippen LogP) is 3.81. The Morgan fingerprint density at radius 3 is 2.63 bits per heavy atom. The molecule has 0 bridgehead atoms. The summed E-state index contributed by atoms with van der Waals surface area (Å²) in [5.41, 5.74) is 0.861. The Hall–Kier alpha value is -0.300. The van der Waals surface area contributed by atoms with Gasteiger partial charge in [0.2, 0.25) is 0 Å². The van der Waals surface area contributed by atoms with Gasteiger partial charge in [0.05, 0.1) is 6.61 Å². The Kier molecular flexibility index (Phi) is 6.59. The molecular formula is C12H14BrClF3NO. The number of ether oxygens (including phenoxy) is 1. The zero-order chi connectivity index (χ0) is 14.5. The van der Waals surface area contributed by atoms with Gasteiger partial charge in [-0.1, -0.05) is 33.6 Å². The summed E-state index contributed by atoms with van der Waals surface area (Å²) in [6.45, 7) is -1.26. The molecule has 2 nitrogen and oxygen atoms in total. The van der Waals surface area contributed by atoms with Gasteiger partial charge in [-0.25, -0.2) is 0 Å². The van der Waals surface area contributed by atoms with Crippen molar-refractivity contribution in [2.45, 2.75) is 18.6 Å². The zero-order valence-corrected chi connectivity index (χ0v) is 12.6. The first-order valence-corrected chi connectivity index (χ1v) is 6.74. The average molecular weight is 361 g/mol. The fourth-order valence-corrected chi connectivity index (χ4v) is 2.26. The highest BCUT2D eigenvalue weighted by molar-refractivity contribution is 9.10. The van der Waals surface area contributed by atoms with Crippen LogP contribution in [0, 0.1) is 0 Å². The van der Waals surface area contributed by atoms with E-state index < -0.39 is 12.8 Å². The van der Waals surface area contributed by atoms with Gasteiger partial charge in [0, 0.05) is 15.5 Å². The van der Waals surface area contributed by atoms with Crippen LogP contribution < -0.4 is 5.32 Å². The summed E-state index contributed by atoms with van der Waals surface area (Å²) in [4.78, 5) is 0. The average Bonchev–Trinajstić information content (AvgIpc) is 2.29. The molecule has 0 heterocycles. The summed E-state index contributed by atoms with van der Waals surface area (Å²) in [6, 6.07) is 5.20. The third-order valence-corrected chi connectivity index (χ3v) is 3.32. The maximum absolute atomic E-state index is 12.0. The van der Waals surface area contributed by atoms with Gasteiger partial charge in [-0.05, 0) is 31.2 Å². The summed E-state index contributed by atoms with van der Waals surface area (Å²) in [6.07, 6.45) is -3.80. The van der Waals surface area contributed by atoms with Crippen LogP contribution in [0.4, 0.5) is 13.2 Å². The van der Waals surface area contributed by atoms with Crippen molar-refractivity contribution in [3.05, 3.63) is 33.3 Å². The maximum Gasteiger partial charge on any atom is 0.411 e. The summed E-state index contributed by atoms with van der Waals surface area (Å²) < 4.78 is 41.4. The molecule has 1 aromatic rings. The van der Waals surface area contributed by atoms with Crippen LogP contribution in [0.3, 0.4) is 0 Å². The molecule has 19 heavy (non-hydrogen) atoms. The standard InChI is InChI=1S/C12H14BrClF3NO/c1-18-10(6-19-7-12(15,16)17)4-8-2-3-9(13)5-11(8)14/h2-3,5,10,18H,4,6-7H2,1H3. The molecule has 1 N–H and O–H groups in total. The lowest BCUT2D eigenvalue weighted by Crippen LogP contribution is -2.34. The second-order valence-electron chi connectivity index (χ2n) is 4.06. The Morgan fingerprint density at radius 1 is 1.42 bits per heavy atom. The van der Waals surface area contributed by atoms with E-state index in [0.29, 0.717) is 11.4 Å². The molecule has 0 aromatic heterocycles. The normalized spacial score (nSPS) is 13.6. The molecule has 0 radical (unpaired) electrons. The second-order valence-corrected chi connectivity index (χ2v) is 5.38. The van der Waals surface area contributed by atoms with Crippen molar-refractivity contribution in [2.75, 3.05) is 20.3 Å². The minimum Gasteiger partial charge on any atom is -0.370 e. The summed E-state index contributed by atoms with van der Waals surface area (Å²) in [7, 11) is 1.67. The van der Waals surface area contributed by atoms with Gasteiger partial charge in [-0.15, -0.1) is 0 Å². The molecule has 0 spiro atoms. The lowest BCUT2D eigenvalue weighted by molar-refractivity contribution is -0.175. The quantitative estimate of drug-likeness (QED) is 0.833. The number of rotatable bonds is 6. The Labute approximate surface area is 123 Å². The lowest BCUT2D eigenvalue weighted by Gasteiger charge is -2.18. The van der Waals surface area contributed by atoms with Gasteiger partial charge < -0.3 is 10.1 Å². The van der Waals surface area contributed by atoms with Crippen LogP contribution in [0.5, 0.6) is 0 Å². The van der Waals surface area contributed by atoms with Crippen LogP contribution in [-0.2, 0) is 11.2 Å². The monoisotopic (exact) mass is 359 g/mol. The first-order valence-electron chi connectivity index (χ1n) is 5.57. The Bertz CT molecular complexity index is 414. The zero-order valence-electron chi connectivity index (χ0n) is 10.2. The van der Waals surface area contributed by atoms with Crippen molar-refractivity contribution in [1.29, 1.82) is 0 Å². The molecule has 0 aliphatic heterocycles. The molecule has 108 valence electrons. The highest BCUT2D eigenvalue weighted by Crippen LogP contribution is 2.22. The number of hydrogen-bond acceptors (Lipinski definition) is 2. The SMILES string of the molecule is CNC(COCC(F)(F)F)Cc1ccc(Br)cc1Cl. The van der Waals surface area contributed by atoms with Gasteiger partial charge in [0.25, 0.3) is 0 Å². The van der Waals surface area contributed by atoms with Crippen molar-refractivity contribution in [3.63, 3.8) is 0 Å². The van der Waals surface area contributed by atoms with E-state index in [2.05, 4.69) is 26.0 Å². The molecule has 0 fully saturated rings. The molecule has 0 amide bonds. The van der Waals surface area contributed by atoms with Crippen molar-refractivity contribution in [2.24, 2.45) is 0 Å². The molecule has 0 aliphatic rings. The predicted molar refractivity (Wildman–Crippen MR) is 72.6 cm³/mol. The van der Waals surface area contributed by atoms with E-state index >= 15 is 0 Å². The highest BCUT2D eigenvalue weighted by Gasteiger charge is 2.27. The van der Waals surface area contributed by atoms with Crippen molar-refractivity contribution < 1.29 is 17.9 Å². The van der Waals surface area contributed by atoms with E-state index in [0.717, 1.165) is 10.0 Å². The molecule has 1 aromatic carbocycles. The third kappa shape index (κ3) is 6.61. The Morgan fingerprint density at radius 2 is 2.11 bits per heavy atom. The van der Waals surface area contributed by atoms with Gasteiger partial charge in [0.1, 0.15) is 6.61 Å². The van der Waals surface area contributed by atoms with Gasteiger partial charge in [0.15, 0.2) is 0 Å². The van der Waals surface area contributed by atoms with Crippen molar-refractivity contribution >= 4 is 27.5 Å². The second kappa shape index (κ2) is 7.47. The minimum atomic E-state index is -4.30. The molecule has 1 unspecified atom stereocenters. The van der Waals surface area contributed by atoms with E-state index in [1.807, 2.05) is 12.1 Å². The third-order valence-electron chi connectivity index (χ3n) is 2.47. The molecular weight excluding hydrogens is 346 g/mol. The van der Waals surface area contributed by atoms with E-state index in [1.165, 1.54) is 0 Å². The molecule has 0 aliphatic carbocycles. The summed E-state index contributed by atoms with van der Waals surface area (Å²) in [5, 5.41) is 3.49. The van der Waals surface area contributed by atoms with Crippen LogP contribution in [0.2, 0.25) is 5.02 Å². The molecule has 1 atom stereocenters. The number of hydrogen-bond donors (Lipinski definition) is 1. The number of alkyl halides is 3. The summed E-state index contributed by atoms with van der Waals surface area (Å²) in [5.74, 6) is 0. The van der Waals surface area contributed by atoms with Crippen molar-refractivity contribution in [1.82, 2.24) is 5.32 Å². The topological polar surface area (TPSA) is 21.3 Å². The van der Waals surface area contributed by atoms with Crippen LogP contribution in [0.25, 0.3) is 0 Å². The van der Waals surface area contributed by atoms with Crippen molar-refractivity contribution in [3.8, 4) is 0 Å². The number of nitrogens with one attached hydrogen (secondary N) is 1. The van der Waals surface area contributed by atoms with Crippen LogP contribution in [0.15, 0.2) is 22.7 Å². The highest BCUT2D eigenvalue weighted by atomic mass is 79.9. The van der Waals surface area contributed by atoms with E-state index in [1.54, 1.807) is 13.1 Å². The Balaban J connectivity index is 2.52. The van der Waals surface area contributed by atoms with Crippen LogP contribution in [-0.4, -0.2) is 32.5 Å². The van der Waals surface area contributed by atoms with Gasteiger partial charge >= 0.3 is 6.18 Å². The summed E-state index contributed by atoms with van der Waals surface area (Å²) >= 11 is 9.35. The lowest BCUT2D eigenvalue weighted by atomic mass is 10.1. The van der Waals surface area contributed by atoms with Crippen LogP contribution in [0.1, 0.15) is 5.56 Å². The fourth-order valence-electron chi connectivity index (χ4n) is 1.51. The smallest absolute Gasteiger partial charge is 0.370 e. The number of halogens is 5. The maximum atomic E-state index is 12.0. The number of likely N-dealkylation sites (N-methyl/N-ethyl adjacent to an activating group) is 1. The first-order chi connectivity index (χ1) is 8.81. The molecule has 7 heteroatoms. The van der Waals surface area contributed by atoms with E-state index in [9.17, 15) is 13.2 Å². The first kappa shape index (κ1) is 16.8. The molecule has 0 saturated carbocycles. The fraction of sp³-hybridized carbons (Fsp3) is 0.500. The van der Waals surface area contributed by atoms with E-state index in [-0.39, 0.29) is 12.6 Å².